The van der Waals surface area contributed by atoms with Crippen LogP contribution >= 0.6 is 0 Å². The number of fused-ring (bicyclic) bond motifs is 1. The summed E-state index contributed by atoms with van der Waals surface area (Å²) in [5.41, 5.74) is 4.34. The van der Waals surface area contributed by atoms with Gasteiger partial charge >= 0.3 is 0 Å². The molecule has 1 saturated heterocycles. The van der Waals surface area contributed by atoms with E-state index in [4.69, 9.17) is 9.26 Å². The van der Waals surface area contributed by atoms with E-state index in [1.807, 2.05) is 36.4 Å². The molecule has 0 saturated carbocycles. The fraction of sp³-hybridized carbons (Fsp3) is 0.423. The summed E-state index contributed by atoms with van der Waals surface area (Å²) in [4.78, 5) is 21.9. The predicted molar refractivity (Wildman–Crippen MR) is 133 cm³/mol. The lowest BCUT2D eigenvalue weighted by Crippen LogP contribution is -2.45. The Morgan fingerprint density at radius 2 is 1.91 bits per heavy atom. The van der Waals surface area contributed by atoms with Crippen LogP contribution in [0.25, 0.3) is 11.5 Å². The summed E-state index contributed by atoms with van der Waals surface area (Å²) in [6, 6.07) is 11.3. The monoisotopic (exact) mass is 477 g/mol. The Balaban J connectivity index is 1.33. The number of carbonyl (C=O) groups is 1. The van der Waals surface area contributed by atoms with Gasteiger partial charge in [0.2, 0.25) is 0 Å². The second kappa shape index (κ2) is 9.67. The zero-order valence-corrected chi connectivity index (χ0v) is 20.3. The Morgan fingerprint density at radius 3 is 2.57 bits per heavy atom. The first-order valence-electron chi connectivity index (χ1n) is 12.0. The highest BCUT2D eigenvalue weighted by molar-refractivity contribution is 5.95. The molecule has 1 fully saturated rings. The first-order chi connectivity index (χ1) is 16.9. The topological polar surface area (TPSA) is 104 Å². The van der Waals surface area contributed by atoms with Gasteiger partial charge in [-0.3, -0.25) is 4.79 Å². The number of anilines is 2. The van der Waals surface area contributed by atoms with Gasteiger partial charge in [-0.1, -0.05) is 5.16 Å². The number of nitrogens with one attached hydrogen (secondary N) is 1. The number of hydrogen-bond donors (Lipinski definition) is 2. The smallest absolute Gasteiger partial charge is 0.265 e. The van der Waals surface area contributed by atoms with Crippen LogP contribution in [0.2, 0.25) is 0 Å². The molecule has 2 aliphatic heterocycles. The number of carbonyl (C=O) groups excluding carboxylic acids is 1. The molecule has 3 heterocycles. The highest BCUT2D eigenvalue weighted by atomic mass is 16.5. The minimum atomic E-state index is -0.593. The van der Waals surface area contributed by atoms with Gasteiger partial charge in [0.05, 0.1) is 11.8 Å². The molecule has 2 aliphatic rings. The molecule has 2 N–H and O–H groups in total. The van der Waals surface area contributed by atoms with E-state index >= 15 is 0 Å². The zero-order chi connectivity index (χ0) is 24.5. The van der Waals surface area contributed by atoms with Crippen LogP contribution in [0.3, 0.4) is 0 Å². The molecule has 184 valence electrons. The maximum Gasteiger partial charge on any atom is 0.265 e. The molecule has 2 unspecified atom stereocenters. The van der Waals surface area contributed by atoms with E-state index in [9.17, 15) is 9.90 Å². The second-order valence-electron chi connectivity index (χ2n) is 9.35. The van der Waals surface area contributed by atoms with Crippen molar-refractivity contribution < 1.29 is 19.2 Å². The lowest BCUT2D eigenvalue weighted by molar-refractivity contribution is -0.123. The van der Waals surface area contributed by atoms with Crippen LogP contribution < -0.4 is 15.0 Å². The van der Waals surface area contributed by atoms with Crippen molar-refractivity contribution in [1.82, 2.24) is 15.0 Å². The van der Waals surface area contributed by atoms with Gasteiger partial charge in [0.1, 0.15) is 5.75 Å². The molecule has 0 aliphatic carbocycles. The van der Waals surface area contributed by atoms with Crippen LogP contribution in [-0.4, -0.2) is 65.4 Å². The molecule has 1 aromatic heterocycles. The number of nitrogens with zero attached hydrogens (tertiary/aromatic N) is 4. The van der Waals surface area contributed by atoms with Gasteiger partial charge in [-0.05, 0) is 81.3 Å². The van der Waals surface area contributed by atoms with Crippen LogP contribution in [0.1, 0.15) is 36.4 Å². The second-order valence-corrected chi connectivity index (χ2v) is 9.35. The fourth-order valence-electron chi connectivity index (χ4n) is 4.55. The Labute approximate surface area is 204 Å². The summed E-state index contributed by atoms with van der Waals surface area (Å²) in [5.74, 6) is 1.60. The number of likely N-dealkylation sites (N-methyl/N-ethyl adjacent to an activating group) is 1. The third kappa shape index (κ3) is 5.01. The van der Waals surface area contributed by atoms with Gasteiger partial charge in [0, 0.05) is 37.4 Å². The minimum absolute atomic E-state index is 0.180. The summed E-state index contributed by atoms with van der Waals surface area (Å²) in [7, 11) is 2.12. The Kier molecular flexibility index (Phi) is 6.44. The average Bonchev–Trinajstić information content (AvgIpc) is 3.30. The van der Waals surface area contributed by atoms with Crippen molar-refractivity contribution in [1.29, 1.82) is 0 Å². The molecule has 1 amide bonds. The Morgan fingerprint density at radius 1 is 1.17 bits per heavy atom. The van der Waals surface area contributed by atoms with Gasteiger partial charge in [-0.15, -0.1) is 0 Å². The standard InChI is InChI=1S/C26H31N5O4/c1-16(32)20-14-19-6-9-23(34-24(19)22(15-20)31-12-10-30(3)11-13-31)25(33)28-21-7-4-18(5-8-21)26-27-17(2)29-35-26/h4-5,7-8,14-16,23,32H,6,9-13H2,1-3H3,(H,28,33). The first kappa shape index (κ1) is 23.3. The van der Waals surface area contributed by atoms with Crippen LogP contribution in [0.15, 0.2) is 40.9 Å². The summed E-state index contributed by atoms with van der Waals surface area (Å²) in [5, 5.41) is 17.0. The number of rotatable bonds is 5. The summed E-state index contributed by atoms with van der Waals surface area (Å²) in [6.07, 6.45) is 0.129. The largest absolute Gasteiger partial charge is 0.478 e. The van der Waals surface area contributed by atoms with Gasteiger partial charge in [0.25, 0.3) is 11.8 Å². The van der Waals surface area contributed by atoms with E-state index in [1.54, 1.807) is 13.8 Å². The van der Waals surface area contributed by atoms with Gasteiger partial charge in [0.15, 0.2) is 11.9 Å². The number of benzene rings is 2. The Bertz CT molecular complexity index is 1200. The lowest BCUT2D eigenvalue weighted by Gasteiger charge is -2.37. The maximum absolute atomic E-state index is 13.1. The van der Waals surface area contributed by atoms with E-state index < -0.39 is 12.2 Å². The fourth-order valence-corrected chi connectivity index (χ4v) is 4.55. The van der Waals surface area contributed by atoms with Crippen molar-refractivity contribution >= 4 is 17.3 Å². The molecule has 2 atom stereocenters. The molecule has 0 radical (unpaired) electrons. The van der Waals surface area contributed by atoms with E-state index in [2.05, 4.69) is 32.3 Å². The maximum atomic E-state index is 13.1. The molecule has 2 aromatic carbocycles. The van der Waals surface area contributed by atoms with Crippen LogP contribution in [0.4, 0.5) is 11.4 Å². The molecule has 9 nitrogen and oxygen atoms in total. The van der Waals surface area contributed by atoms with Crippen molar-refractivity contribution in [3.05, 3.63) is 53.3 Å². The predicted octanol–water partition coefficient (Wildman–Crippen LogP) is 3.18. The highest BCUT2D eigenvalue weighted by Crippen LogP contribution is 2.40. The number of aliphatic hydroxyl groups is 1. The highest BCUT2D eigenvalue weighted by Gasteiger charge is 2.31. The number of aryl methyl sites for hydroxylation is 2. The average molecular weight is 478 g/mol. The van der Waals surface area contributed by atoms with Crippen molar-refractivity contribution in [2.45, 2.75) is 38.9 Å². The van der Waals surface area contributed by atoms with Crippen LogP contribution in [0, 0.1) is 6.92 Å². The molecule has 0 bridgehead atoms. The number of hydrogen-bond acceptors (Lipinski definition) is 8. The molecular formula is C26H31N5O4. The molecule has 3 aromatic rings. The Hall–Kier alpha value is -3.43. The molecule has 9 heteroatoms. The van der Waals surface area contributed by atoms with Crippen LogP contribution in [0.5, 0.6) is 5.75 Å². The van der Waals surface area contributed by atoms with E-state index in [0.717, 1.165) is 54.3 Å². The normalized spacial score (nSPS) is 19.1. The van der Waals surface area contributed by atoms with Crippen molar-refractivity contribution in [3.8, 4) is 17.2 Å². The third-order valence-electron chi connectivity index (χ3n) is 6.65. The number of piperazine rings is 1. The molecule has 5 rings (SSSR count). The third-order valence-corrected chi connectivity index (χ3v) is 6.65. The number of aromatic nitrogens is 2. The summed E-state index contributed by atoms with van der Waals surface area (Å²) >= 11 is 0. The number of ether oxygens (including phenoxy) is 1. The quantitative estimate of drug-likeness (QED) is 0.578. The molecular weight excluding hydrogens is 446 g/mol. The molecule has 0 spiro atoms. The number of aliphatic hydroxyl groups excluding tert-OH is 1. The van der Waals surface area contributed by atoms with Crippen molar-refractivity contribution in [2.24, 2.45) is 0 Å². The number of amides is 1. The van der Waals surface area contributed by atoms with Crippen molar-refractivity contribution in [3.63, 3.8) is 0 Å². The molecule has 35 heavy (non-hydrogen) atoms. The van der Waals surface area contributed by atoms with E-state index in [-0.39, 0.29) is 5.91 Å². The van der Waals surface area contributed by atoms with E-state index in [1.165, 1.54) is 0 Å². The minimum Gasteiger partial charge on any atom is -0.478 e. The van der Waals surface area contributed by atoms with Gasteiger partial charge < -0.3 is 29.5 Å². The van der Waals surface area contributed by atoms with Gasteiger partial charge in [-0.2, -0.15) is 4.98 Å². The summed E-state index contributed by atoms with van der Waals surface area (Å²) in [6.45, 7) is 7.20. The summed E-state index contributed by atoms with van der Waals surface area (Å²) < 4.78 is 11.5. The zero-order valence-electron chi connectivity index (χ0n) is 20.3. The SMILES string of the molecule is Cc1noc(-c2ccc(NC(=O)C3CCc4cc(C(C)O)cc(N5CCN(C)CC5)c4O3)cc2)n1. The van der Waals surface area contributed by atoms with Crippen LogP contribution in [-0.2, 0) is 11.2 Å². The van der Waals surface area contributed by atoms with Crippen molar-refractivity contribution in [2.75, 3.05) is 43.4 Å². The first-order valence-corrected chi connectivity index (χ1v) is 12.0. The van der Waals surface area contributed by atoms with E-state index in [0.29, 0.717) is 30.2 Å². The lowest BCUT2D eigenvalue weighted by atomic mass is 9.96. The van der Waals surface area contributed by atoms with Gasteiger partial charge in [-0.25, -0.2) is 0 Å².